The Kier molecular flexibility index (Phi) is 6.58. The molecule has 0 spiro atoms. The summed E-state index contributed by atoms with van der Waals surface area (Å²) in [4.78, 5) is 12.1. The van der Waals surface area contributed by atoms with Gasteiger partial charge in [0.15, 0.2) is 0 Å². The van der Waals surface area contributed by atoms with Crippen LogP contribution in [0, 0.1) is 11.3 Å². The molecule has 0 saturated heterocycles. The Hall–Kier alpha value is -3.00. The van der Waals surface area contributed by atoms with E-state index in [-0.39, 0.29) is 6.07 Å². The fourth-order valence-electron chi connectivity index (χ4n) is 2.07. The number of anilines is 2. The van der Waals surface area contributed by atoms with E-state index in [0.29, 0.717) is 17.8 Å². The Morgan fingerprint density at radius 1 is 0.931 bits per heavy atom. The lowest BCUT2D eigenvalue weighted by Gasteiger charge is -2.14. The van der Waals surface area contributed by atoms with Crippen LogP contribution < -0.4 is 10.6 Å². The lowest BCUT2D eigenvalue weighted by atomic mass is 10.1. The number of carbonyl (C=O) groups excluding carboxylic acids is 1. The smallest absolute Gasteiger partial charge is 0.360 e. The van der Waals surface area contributed by atoms with Gasteiger partial charge in [0.2, 0.25) is 0 Å². The number of alkyl halides is 6. The number of amides is 1. The van der Waals surface area contributed by atoms with E-state index in [4.69, 9.17) is 5.26 Å². The molecular formula is C18H10BrF6N3O. The first-order valence-corrected chi connectivity index (χ1v) is 8.42. The maximum atomic E-state index is 12.9. The molecule has 0 atom stereocenters. The molecule has 2 rings (SSSR count). The Bertz CT molecular complexity index is 943. The van der Waals surface area contributed by atoms with E-state index in [0.717, 1.165) is 10.7 Å². The molecule has 11 heteroatoms. The van der Waals surface area contributed by atoms with Gasteiger partial charge in [-0.2, -0.15) is 31.6 Å². The van der Waals surface area contributed by atoms with E-state index in [2.05, 4.69) is 26.6 Å². The van der Waals surface area contributed by atoms with Crippen LogP contribution in [0.4, 0.5) is 37.7 Å². The van der Waals surface area contributed by atoms with Gasteiger partial charge >= 0.3 is 12.4 Å². The minimum Gasteiger partial charge on any atom is -0.360 e. The van der Waals surface area contributed by atoms with E-state index < -0.39 is 40.6 Å². The maximum Gasteiger partial charge on any atom is 0.416 e. The van der Waals surface area contributed by atoms with Crippen molar-refractivity contribution >= 4 is 33.2 Å². The van der Waals surface area contributed by atoms with Crippen molar-refractivity contribution in [2.24, 2.45) is 0 Å². The van der Waals surface area contributed by atoms with E-state index in [9.17, 15) is 31.1 Å². The van der Waals surface area contributed by atoms with Crippen molar-refractivity contribution in [3.8, 4) is 6.07 Å². The summed E-state index contributed by atoms with van der Waals surface area (Å²) in [5.74, 6) is -0.898. The second kappa shape index (κ2) is 8.57. The van der Waals surface area contributed by atoms with Gasteiger partial charge in [0, 0.05) is 22.0 Å². The van der Waals surface area contributed by atoms with Gasteiger partial charge in [-0.25, -0.2) is 0 Å². The fourth-order valence-corrected chi connectivity index (χ4v) is 2.34. The normalized spacial score (nSPS) is 12.3. The standard InChI is InChI=1S/C18H10BrF6N3O/c19-13-1-3-14(4-2-13)28-16(29)10(8-26)9-27-15-6-11(17(20,21)22)5-12(7-15)18(23,24)25/h1-7,9,27H,(H,28,29). The Morgan fingerprint density at radius 2 is 1.45 bits per heavy atom. The number of carbonyl (C=O) groups is 1. The van der Waals surface area contributed by atoms with E-state index >= 15 is 0 Å². The highest BCUT2D eigenvalue weighted by Crippen LogP contribution is 2.37. The zero-order valence-electron chi connectivity index (χ0n) is 14.1. The zero-order valence-corrected chi connectivity index (χ0v) is 15.7. The molecule has 2 N–H and O–H groups in total. The molecule has 0 fully saturated rings. The van der Waals surface area contributed by atoms with Crippen LogP contribution >= 0.6 is 15.9 Å². The van der Waals surface area contributed by atoms with Crippen molar-refractivity contribution in [1.82, 2.24) is 0 Å². The van der Waals surface area contributed by atoms with Gasteiger partial charge in [-0.15, -0.1) is 0 Å². The van der Waals surface area contributed by atoms with Crippen LogP contribution in [0.15, 0.2) is 58.7 Å². The van der Waals surface area contributed by atoms with Crippen molar-refractivity contribution in [2.75, 3.05) is 10.6 Å². The Morgan fingerprint density at radius 3 is 1.90 bits per heavy atom. The first kappa shape index (κ1) is 22.3. The van der Waals surface area contributed by atoms with Crippen LogP contribution in [0.1, 0.15) is 11.1 Å². The molecule has 1 amide bonds. The van der Waals surface area contributed by atoms with Crippen molar-refractivity contribution in [2.45, 2.75) is 12.4 Å². The first-order valence-electron chi connectivity index (χ1n) is 7.63. The quantitative estimate of drug-likeness (QED) is 0.325. The average Bonchev–Trinajstić information content (AvgIpc) is 2.62. The van der Waals surface area contributed by atoms with Gasteiger partial charge in [0.05, 0.1) is 11.1 Å². The van der Waals surface area contributed by atoms with Gasteiger partial charge in [0.1, 0.15) is 11.6 Å². The molecular weight excluding hydrogens is 468 g/mol. The molecule has 0 radical (unpaired) electrons. The number of hydrogen-bond donors (Lipinski definition) is 2. The minimum atomic E-state index is -5.02. The van der Waals surface area contributed by atoms with Crippen molar-refractivity contribution in [3.05, 3.63) is 69.8 Å². The highest BCUT2D eigenvalue weighted by Gasteiger charge is 2.36. The molecule has 0 bridgehead atoms. The summed E-state index contributed by atoms with van der Waals surface area (Å²) in [6, 6.07) is 8.65. The number of nitrogens with zero attached hydrogens (tertiary/aromatic N) is 1. The van der Waals surface area contributed by atoms with Crippen LogP contribution in [-0.4, -0.2) is 5.91 Å². The average molecular weight is 478 g/mol. The van der Waals surface area contributed by atoms with Crippen molar-refractivity contribution < 1.29 is 31.1 Å². The van der Waals surface area contributed by atoms with Crippen LogP contribution in [0.3, 0.4) is 0 Å². The van der Waals surface area contributed by atoms with Crippen LogP contribution in [0.25, 0.3) is 0 Å². The summed E-state index contributed by atoms with van der Waals surface area (Å²) in [7, 11) is 0. The van der Waals surface area contributed by atoms with Crippen molar-refractivity contribution in [3.63, 3.8) is 0 Å². The molecule has 0 aromatic heterocycles. The van der Waals surface area contributed by atoms with Crippen LogP contribution in [0.5, 0.6) is 0 Å². The molecule has 0 aliphatic rings. The molecule has 0 aliphatic heterocycles. The summed E-state index contributed by atoms with van der Waals surface area (Å²) in [6.07, 6.45) is -9.30. The fraction of sp³-hybridized carbons (Fsp3) is 0.111. The minimum absolute atomic E-state index is 0.0274. The molecule has 29 heavy (non-hydrogen) atoms. The molecule has 0 unspecified atom stereocenters. The third-order valence-corrected chi connectivity index (χ3v) is 3.97. The first-order chi connectivity index (χ1) is 13.4. The number of benzene rings is 2. The van der Waals surface area contributed by atoms with E-state index in [1.807, 2.05) is 0 Å². The van der Waals surface area contributed by atoms with Gasteiger partial charge in [-0.3, -0.25) is 4.79 Å². The monoisotopic (exact) mass is 477 g/mol. The van der Waals surface area contributed by atoms with Crippen LogP contribution in [0.2, 0.25) is 0 Å². The highest BCUT2D eigenvalue weighted by molar-refractivity contribution is 9.10. The van der Waals surface area contributed by atoms with E-state index in [1.165, 1.54) is 18.2 Å². The molecule has 152 valence electrons. The summed E-state index contributed by atoms with van der Waals surface area (Å²) in [5.41, 5.74) is -3.87. The second-order valence-corrected chi connectivity index (χ2v) is 6.49. The number of nitriles is 1. The van der Waals surface area contributed by atoms with Gasteiger partial charge in [0.25, 0.3) is 5.91 Å². The Labute approximate surface area is 169 Å². The SMILES string of the molecule is N#CC(=CNc1cc(C(F)(F)F)cc(C(F)(F)F)c1)C(=O)Nc1ccc(Br)cc1. The Balaban J connectivity index is 2.28. The highest BCUT2D eigenvalue weighted by atomic mass is 79.9. The second-order valence-electron chi connectivity index (χ2n) is 5.57. The maximum absolute atomic E-state index is 12.9. The predicted octanol–water partition coefficient (Wildman–Crippen LogP) is 5.94. The number of nitrogens with one attached hydrogen (secondary N) is 2. The van der Waals surface area contributed by atoms with Gasteiger partial charge in [-0.05, 0) is 42.5 Å². The third kappa shape index (κ3) is 6.25. The molecule has 0 heterocycles. The van der Waals surface area contributed by atoms with Gasteiger partial charge in [-0.1, -0.05) is 15.9 Å². The number of rotatable bonds is 4. The largest absolute Gasteiger partial charge is 0.416 e. The summed E-state index contributed by atoms with van der Waals surface area (Å²) < 4.78 is 78.0. The molecule has 0 saturated carbocycles. The third-order valence-electron chi connectivity index (χ3n) is 3.44. The zero-order chi connectivity index (χ0) is 21.8. The van der Waals surface area contributed by atoms with Gasteiger partial charge < -0.3 is 10.6 Å². The molecule has 2 aromatic rings. The summed E-state index contributed by atoms with van der Waals surface area (Å²) in [6.45, 7) is 0. The molecule has 0 aliphatic carbocycles. The van der Waals surface area contributed by atoms with E-state index in [1.54, 1.807) is 12.1 Å². The summed E-state index contributed by atoms with van der Waals surface area (Å²) >= 11 is 3.20. The number of halogens is 7. The molecule has 4 nitrogen and oxygen atoms in total. The molecule has 2 aromatic carbocycles. The summed E-state index contributed by atoms with van der Waals surface area (Å²) in [5, 5.41) is 13.6. The number of hydrogen-bond acceptors (Lipinski definition) is 3. The lowest BCUT2D eigenvalue weighted by Crippen LogP contribution is -2.15. The topological polar surface area (TPSA) is 64.9 Å². The lowest BCUT2D eigenvalue weighted by molar-refractivity contribution is -0.143. The van der Waals surface area contributed by atoms with Crippen LogP contribution in [-0.2, 0) is 17.1 Å². The predicted molar refractivity (Wildman–Crippen MR) is 96.5 cm³/mol. The van der Waals surface area contributed by atoms with Crippen molar-refractivity contribution in [1.29, 1.82) is 5.26 Å².